The fraction of sp³-hybridized carbons (Fsp3) is 0.647. The molecular weight excluding hydrogens is 264 g/mol. The second-order valence-corrected chi connectivity index (χ2v) is 5.76. The molecule has 2 atom stereocenters. The maximum Gasteiger partial charge on any atom is 0.119 e. The summed E-state index contributed by atoms with van der Waals surface area (Å²) in [6, 6.07) is 9.24. The summed E-state index contributed by atoms with van der Waals surface area (Å²) in [5.74, 6) is 0.918. The average molecular weight is 292 g/mol. The highest BCUT2D eigenvalue weighted by Crippen LogP contribution is 2.18. The molecule has 21 heavy (non-hydrogen) atoms. The van der Waals surface area contributed by atoms with Crippen molar-refractivity contribution >= 4 is 0 Å². The Morgan fingerprint density at radius 1 is 1.43 bits per heavy atom. The highest BCUT2D eigenvalue weighted by atomic mass is 16.5. The second-order valence-electron chi connectivity index (χ2n) is 5.76. The molecule has 0 aromatic heterocycles. The van der Waals surface area contributed by atoms with E-state index in [0.29, 0.717) is 12.1 Å². The summed E-state index contributed by atoms with van der Waals surface area (Å²) in [7, 11) is 3.89. The van der Waals surface area contributed by atoms with Crippen LogP contribution in [0.1, 0.15) is 25.3 Å². The minimum atomic E-state index is 0.427. The Balaban J connectivity index is 1.97. The maximum absolute atomic E-state index is 5.69. The standard InChI is InChI=1S/C17H28N2O2/c1-4-9-18-16-8-10-21-13-17(16)19(2)12-14-6-5-7-15(11-14)20-3/h5-7,11,16-18H,4,8-10,12-13H2,1-3H3. The van der Waals surface area contributed by atoms with Crippen molar-refractivity contribution in [1.82, 2.24) is 10.2 Å². The van der Waals surface area contributed by atoms with Crippen molar-refractivity contribution in [2.75, 3.05) is 33.9 Å². The number of methoxy groups -OCH3 is 1. The summed E-state index contributed by atoms with van der Waals surface area (Å²) in [4.78, 5) is 2.39. The smallest absolute Gasteiger partial charge is 0.119 e. The van der Waals surface area contributed by atoms with Gasteiger partial charge in [-0.15, -0.1) is 0 Å². The topological polar surface area (TPSA) is 33.7 Å². The van der Waals surface area contributed by atoms with Crippen LogP contribution in [-0.4, -0.2) is 50.9 Å². The third-order valence-corrected chi connectivity index (χ3v) is 4.12. The number of benzene rings is 1. The number of nitrogens with zero attached hydrogens (tertiary/aromatic N) is 1. The lowest BCUT2D eigenvalue weighted by Gasteiger charge is -2.38. The summed E-state index contributed by atoms with van der Waals surface area (Å²) in [6.07, 6.45) is 2.26. The molecule has 1 heterocycles. The molecule has 118 valence electrons. The van der Waals surface area contributed by atoms with Crippen LogP contribution in [0.5, 0.6) is 5.75 Å². The van der Waals surface area contributed by atoms with Crippen LogP contribution in [0.2, 0.25) is 0 Å². The summed E-state index contributed by atoms with van der Waals surface area (Å²) < 4.78 is 11.0. The lowest BCUT2D eigenvalue weighted by Crippen LogP contribution is -2.54. The van der Waals surface area contributed by atoms with Gasteiger partial charge in [0.15, 0.2) is 0 Å². The first-order valence-electron chi connectivity index (χ1n) is 7.89. The summed E-state index contributed by atoms with van der Waals surface area (Å²) in [5, 5.41) is 3.66. The first-order valence-corrected chi connectivity index (χ1v) is 7.89. The summed E-state index contributed by atoms with van der Waals surface area (Å²) >= 11 is 0. The van der Waals surface area contributed by atoms with Crippen molar-refractivity contribution in [1.29, 1.82) is 0 Å². The Kier molecular flexibility index (Phi) is 6.49. The molecule has 4 heteroatoms. The number of hydrogen-bond donors (Lipinski definition) is 1. The van der Waals surface area contributed by atoms with E-state index in [9.17, 15) is 0 Å². The van der Waals surface area contributed by atoms with Crippen LogP contribution in [0, 0.1) is 0 Å². The fourth-order valence-electron chi connectivity index (χ4n) is 2.90. The van der Waals surface area contributed by atoms with Crippen molar-refractivity contribution in [2.24, 2.45) is 0 Å². The van der Waals surface area contributed by atoms with Crippen molar-refractivity contribution in [3.05, 3.63) is 29.8 Å². The molecule has 1 aromatic carbocycles. The highest BCUT2D eigenvalue weighted by Gasteiger charge is 2.28. The number of rotatable bonds is 7. The molecule has 4 nitrogen and oxygen atoms in total. The predicted molar refractivity (Wildman–Crippen MR) is 85.8 cm³/mol. The molecule has 0 spiro atoms. The van der Waals surface area contributed by atoms with Gasteiger partial charge in [0.1, 0.15) is 5.75 Å². The van der Waals surface area contributed by atoms with Gasteiger partial charge in [-0.25, -0.2) is 0 Å². The second kappa shape index (κ2) is 8.37. The van der Waals surface area contributed by atoms with Crippen LogP contribution in [0.3, 0.4) is 0 Å². The van der Waals surface area contributed by atoms with E-state index < -0.39 is 0 Å². The third kappa shape index (κ3) is 4.70. The molecule has 2 unspecified atom stereocenters. The normalized spacial score (nSPS) is 22.5. The SMILES string of the molecule is CCCNC1CCOCC1N(C)Cc1cccc(OC)c1. The van der Waals surface area contributed by atoms with Gasteiger partial charge in [-0.1, -0.05) is 19.1 Å². The molecule has 0 saturated carbocycles. The average Bonchev–Trinajstić information content (AvgIpc) is 2.53. The van der Waals surface area contributed by atoms with Crippen LogP contribution >= 0.6 is 0 Å². The van der Waals surface area contributed by atoms with Crippen LogP contribution in [0.25, 0.3) is 0 Å². The van der Waals surface area contributed by atoms with Gasteiger partial charge in [0.25, 0.3) is 0 Å². The molecule has 0 radical (unpaired) electrons. The Hall–Kier alpha value is -1.10. The van der Waals surface area contributed by atoms with E-state index in [4.69, 9.17) is 9.47 Å². The Morgan fingerprint density at radius 2 is 2.29 bits per heavy atom. The first-order chi connectivity index (χ1) is 10.2. The van der Waals surface area contributed by atoms with Crippen LogP contribution < -0.4 is 10.1 Å². The van der Waals surface area contributed by atoms with E-state index in [2.05, 4.69) is 36.3 Å². The van der Waals surface area contributed by atoms with E-state index in [1.54, 1.807) is 7.11 Å². The van der Waals surface area contributed by atoms with Crippen LogP contribution in [0.15, 0.2) is 24.3 Å². The zero-order valence-corrected chi connectivity index (χ0v) is 13.5. The molecule has 1 aromatic rings. The zero-order chi connectivity index (χ0) is 15.1. The van der Waals surface area contributed by atoms with Gasteiger partial charge in [0.05, 0.1) is 13.7 Å². The Morgan fingerprint density at radius 3 is 3.05 bits per heavy atom. The quantitative estimate of drug-likeness (QED) is 0.836. The molecule has 1 aliphatic heterocycles. The number of likely N-dealkylation sites (N-methyl/N-ethyl adjacent to an activating group) is 1. The van der Waals surface area contributed by atoms with Crippen LogP contribution in [0.4, 0.5) is 0 Å². The predicted octanol–water partition coefficient (Wildman–Crippen LogP) is 2.28. The number of ether oxygens (including phenoxy) is 2. The van der Waals surface area contributed by atoms with Crippen molar-refractivity contribution in [2.45, 2.75) is 38.4 Å². The molecule has 1 aliphatic rings. The van der Waals surface area contributed by atoms with Crippen molar-refractivity contribution < 1.29 is 9.47 Å². The molecule has 1 saturated heterocycles. The van der Waals surface area contributed by atoms with Gasteiger partial charge in [-0.3, -0.25) is 4.90 Å². The Labute approximate surface area is 128 Å². The summed E-state index contributed by atoms with van der Waals surface area (Å²) in [5.41, 5.74) is 1.27. The van der Waals surface area contributed by atoms with E-state index >= 15 is 0 Å². The maximum atomic E-state index is 5.69. The van der Waals surface area contributed by atoms with Gasteiger partial charge in [-0.2, -0.15) is 0 Å². The minimum Gasteiger partial charge on any atom is -0.497 e. The molecule has 1 fully saturated rings. The van der Waals surface area contributed by atoms with E-state index in [1.807, 2.05) is 12.1 Å². The molecule has 1 N–H and O–H groups in total. The molecule has 0 aliphatic carbocycles. The largest absolute Gasteiger partial charge is 0.497 e. The number of nitrogens with one attached hydrogen (secondary N) is 1. The van der Waals surface area contributed by atoms with E-state index in [-0.39, 0.29) is 0 Å². The van der Waals surface area contributed by atoms with Gasteiger partial charge in [-0.05, 0) is 44.1 Å². The highest BCUT2D eigenvalue weighted by molar-refractivity contribution is 5.28. The lowest BCUT2D eigenvalue weighted by molar-refractivity contribution is 0.00349. The monoisotopic (exact) mass is 292 g/mol. The van der Waals surface area contributed by atoms with E-state index in [0.717, 1.165) is 38.5 Å². The first kappa shape index (κ1) is 16.3. The van der Waals surface area contributed by atoms with Gasteiger partial charge in [0, 0.05) is 25.2 Å². The molecular formula is C17H28N2O2. The molecule has 0 bridgehead atoms. The fourth-order valence-corrected chi connectivity index (χ4v) is 2.90. The zero-order valence-electron chi connectivity index (χ0n) is 13.5. The third-order valence-electron chi connectivity index (χ3n) is 4.12. The van der Waals surface area contributed by atoms with Gasteiger partial charge < -0.3 is 14.8 Å². The van der Waals surface area contributed by atoms with Gasteiger partial charge >= 0.3 is 0 Å². The Bertz CT molecular complexity index is 425. The summed E-state index contributed by atoms with van der Waals surface area (Å²) in [6.45, 7) is 5.87. The minimum absolute atomic E-state index is 0.427. The van der Waals surface area contributed by atoms with Crippen molar-refractivity contribution in [3.8, 4) is 5.75 Å². The molecule has 2 rings (SSSR count). The lowest BCUT2D eigenvalue weighted by atomic mass is 10.0. The molecule has 0 amide bonds. The number of hydrogen-bond acceptors (Lipinski definition) is 4. The van der Waals surface area contributed by atoms with Crippen LogP contribution in [-0.2, 0) is 11.3 Å². The van der Waals surface area contributed by atoms with Gasteiger partial charge in [0.2, 0.25) is 0 Å². The van der Waals surface area contributed by atoms with Crippen molar-refractivity contribution in [3.63, 3.8) is 0 Å². The van der Waals surface area contributed by atoms with E-state index in [1.165, 1.54) is 12.0 Å².